The third kappa shape index (κ3) is 3.62. The molecule has 3 aromatic rings. The molecule has 0 spiro atoms. The van der Waals surface area contributed by atoms with Crippen molar-refractivity contribution in [3.8, 4) is 5.75 Å². The van der Waals surface area contributed by atoms with Gasteiger partial charge in [0.25, 0.3) is 5.91 Å². The first kappa shape index (κ1) is 20.0. The average molecular weight is 399 g/mol. The smallest absolute Gasteiger partial charge is 0.262 e. The van der Waals surface area contributed by atoms with E-state index in [-0.39, 0.29) is 11.7 Å². The fourth-order valence-corrected chi connectivity index (χ4v) is 3.91. The van der Waals surface area contributed by atoms with Crippen molar-refractivity contribution in [2.24, 2.45) is 5.73 Å². The number of aromatic nitrogens is 1. The molecule has 1 aromatic heterocycles. The van der Waals surface area contributed by atoms with Gasteiger partial charge in [0.2, 0.25) is 5.91 Å². The number of nitrogens with zero attached hydrogens (tertiary/aromatic N) is 1. The van der Waals surface area contributed by atoms with Crippen LogP contribution in [0.3, 0.4) is 0 Å². The van der Waals surface area contributed by atoms with E-state index in [1.807, 2.05) is 6.92 Å². The van der Waals surface area contributed by atoms with Crippen molar-refractivity contribution in [2.45, 2.75) is 39.0 Å². The topological polar surface area (TPSA) is 85.3 Å². The third-order valence-electron chi connectivity index (χ3n) is 5.05. The summed E-state index contributed by atoms with van der Waals surface area (Å²) in [7, 11) is 0. The van der Waals surface area contributed by atoms with Crippen molar-refractivity contribution >= 4 is 34.3 Å². The molecule has 3 rings (SSSR count). The molecule has 2 aromatic carbocycles. The van der Waals surface area contributed by atoms with Crippen LogP contribution < -0.4 is 5.73 Å². The second kappa shape index (κ2) is 8.07. The fourth-order valence-electron chi connectivity index (χ4n) is 3.72. The number of aromatic hydroxyl groups is 1. The van der Waals surface area contributed by atoms with E-state index in [2.05, 4.69) is 0 Å². The number of benzene rings is 2. The minimum atomic E-state index is -0.530. The summed E-state index contributed by atoms with van der Waals surface area (Å²) in [6.07, 6.45) is 2.35. The minimum absolute atomic E-state index is 0.0693. The van der Waals surface area contributed by atoms with E-state index in [1.165, 1.54) is 6.07 Å². The standard InChI is InChI=1S/C22H23ClN2O3/c1-3-4-8-17(21(24)27)20-13(2)25(19-10-9-16(26)12-18(19)20)22(28)14-6-5-7-15(23)11-14/h5-7,9-12,17,26H,3-4,8H2,1-2H3,(H2,24,27). The zero-order valence-corrected chi connectivity index (χ0v) is 16.7. The molecule has 3 N–H and O–H groups in total. The molecule has 146 valence electrons. The fraction of sp³-hybridized carbons (Fsp3) is 0.273. The maximum Gasteiger partial charge on any atom is 0.262 e. The number of nitrogens with two attached hydrogens (primary N) is 1. The van der Waals surface area contributed by atoms with Crippen LogP contribution in [-0.2, 0) is 4.79 Å². The third-order valence-corrected chi connectivity index (χ3v) is 5.28. The Morgan fingerprint density at radius 3 is 2.61 bits per heavy atom. The highest BCUT2D eigenvalue weighted by Gasteiger charge is 2.28. The van der Waals surface area contributed by atoms with Gasteiger partial charge in [0.15, 0.2) is 0 Å². The highest BCUT2D eigenvalue weighted by atomic mass is 35.5. The number of rotatable bonds is 6. The molecule has 0 aliphatic carbocycles. The van der Waals surface area contributed by atoms with Crippen LogP contribution in [-0.4, -0.2) is 21.5 Å². The first-order valence-electron chi connectivity index (χ1n) is 9.28. The molecule has 0 fully saturated rings. The number of amides is 1. The number of carbonyl (C=O) groups excluding carboxylic acids is 2. The first-order valence-corrected chi connectivity index (χ1v) is 9.66. The molecule has 1 heterocycles. The van der Waals surface area contributed by atoms with Gasteiger partial charge in [0.1, 0.15) is 5.75 Å². The number of hydrogen-bond acceptors (Lipinski definition) is 3. The summed E-state index contributed by atoms with van der Waals surface area (Å²) < 4.78 is 1.57. The van der Waals surface area contributed by atoms with Crippen LogP contribution in [0.4, 0.5) is 0 Å². The lowest BCUT2D eigenvalue weighted by Gasteiger charge is -2.14. The molecule has 0 bridgehead atoms. The highest BCUT2D eigenvalue weighted by molar-refractivity contribution is 6.31. The summed E-state index contributed by atoms with van der Waals surface area (Å²) >= 11 is 6.05. The zero-order chi connectivity index (χ0) is 20.4. The number of carbonyl (C=O) groups is 2. The van der Waals surface area contributed by atoms with Gasteiger partial charge in [-0.05, 0) is 55.3 Å². The predicted octanol–water partition coefficient (Wildman–Crippen LogP) is 4.76. The normalized spacial score (nSPS) is 12.2. The van der Waals surface area contributed by atoms with E-state index in [9.17, 15) is 14.7 Å². The van der Waals surface area contributed by atoms with Gasteiger partial charge in [-0.2, -0.15) is 0 Å². The van der Waals surface area contributed by atoms with E-state index < -0.39 is 11.8 Å². The van der Waals surface area contributed by atoms with Gasteiger partial charge in [-0.15, -0.1) is 0 Å². The lowest BCUT2D eigenvalue weighted by atomic mass is 9.90. The Balaban J connectivity index is 2.26. The summed E-state index contributed by atoms with van der Waals surface area (Å²) in [5.74, 6) is -1.15. The van der Waals surface area contributed by atoms with Crippen LogP contribution in [0.15, 0.2) is 42.5 Å². The Labute approximate surface area is 168 Å². The molecule has 1 amide bonds. The van der Waals surface area contributed by atoms with Crippen molar-refractivity contribution in [2.75, 3.05) is 0 Å². The second-order valence-corrected chi connectivity index (χ2v) is 7.39. The van der Waals surface area contributed by atoms with E-state index in [4.69, 9.17) is 17.3 Å². The quantitative estimate of drug-likeness (QED) is 0.627. The van der Waals surface area contributed by atoms with Gasteiger partial charge in [-0.25, -0.2) is 0 Å². The van der Waals surface area contributed by atoms with Gasteiger partial charge >= 0.3 is 0 Å². The van der Waals surface area contributed by atoms with Gasteiger partial charge in [0.05, 0.1) is 11.4 Å². The Morgan fingerprint density at radius 2 is 1.96 bits per heavy atom. The second-order valence-electron chi connectivity index (χ2n) is 6.95. The van der Waals surface area contributed by atoms with Gasteiger partial charge < -0.3 is 10.8 Å². The summed E-state index contributed by atoms with van der Waals surface area (Å²) in [5, 5.41) is 11.1. The number of phenolic OH excluding ortho intramolecular Hbond substituents is 1. The average Bonchev–Trinajstić information content (AvgIpc) is 2.93. The van der Waals surface area contributed by atoms with Gasteiger partial charge in [0, 0.05) is 21.7 Å². The predicted molar refractivity (Wildman–Crippen MR) is 111 cm³/mol. The number of hydrogen-bond donors (Lipinski definition) is 2. The largest absolute Gasteiger partial charge is 0.508 e. The molecule has 1 unspecified atom stereocenters. The highest BCUT2D eigenvalue weighted by Crippen LogP contribution is 2.36. The lowest BCUT2D eigenvalue weighted by Crippen LogP contribution is -2.22. The van der Waals surface area contributed by atoms with Crippen LogP contribution in [0.1, 0.15) is 53.7 Å². The minimum Gasteiger partial charge on any atom is -0.508 e. The molecular weight excluding hydrogens is 376 g/mol. The van der Waals surface area contributed by atoms with Gasteiger partial charge in [-0.3, -0.25) is 14.2 Å². The summed E-state index contributed by atoms with van der Waals surface area (Å²) in [4.78, 5) is 25.5. The summed E-state index contributed by atoms with van der Waals surface area (Å²) in [5.41, 5.74) is 8.12. The molecule has 5 nitrogen and oxygen atoms in total. The van der Waals surface area contributed by atoms with Crippen molar-refractivity contribution in [1.29, 1.82) is 0 Å². The SMILES string of the molecule is CCCCC(C(N)=O)c1c(C)n(C(=O)c2cccc(Cl)c2)c2ccc(O)cc12. The number of halogens is 1. The van der Waals surface area contributed by atoms with E-state index in [0.717, 1.165) is 12.8 Å². The maximum absolute atomic E-state index is 13.3. The van der Waals surface area contributed by atoms with Crippen LogP contribution in [0.5, 0.6) is 5.75 Å². The molecule has 0 saturated carbocycles. The number of unbranched alkanes of at least 4 members (excludes halogenated alkanes) is 1. The number of fused-ring (bicyclic) bond motifs is 1. The lowest BCUT2D eigenvalue weighted by molar-refractivity contribution is -0.119. The van der Waals surface area contributed by atoms with E-state index in [1.54, 1.807) is 47.9 Å². The zero-order valence-electron chi connectivity index (χ0n) is 15.9. The molecule has 28 heavy (non-hydrogen) atoms. The summed E-state index contributed by atoms with van der Waals surface area (Å²) in [6.45, 7) is 3.85. The van der Waals surface area contributed by atoms with Gasteiger partial charge in [-0.1, -0.05) is 37.4 Å². The molecule has 0 saturated heterocycles. The van der Waals surface area contributed by atoms with Crippen molar-refractivity contribution in [1.82, 2.24) is 4.57 Å². The molecular formula is C22H23ClN2O3. The Kier molecular flexibility index (Phi) is 5.75. The van der Waals surface area contributed by atoms with Crippen LogP contribution in [0.2, 0.25) is 5.02 Å². The van der Waals surface area contributed by atoms with Crippen molar-refractivity contribution in [3.05, 3.63) is 64.3 Å². The maximum atomic E-state index is 13.3. The Hall–Kier alpha value is -2.79. The number of primary amides is 1. The molecule has 0 radical (unpaired) electrons. The van der Waals surface area contributed by atoms with Crippen LogP contribution in [0, 0.1) is 6.92 Å². The van der Waals surface area contributed by atoms with Crippen LogP contribution in [0.25, 0.3) is 10.9 Å². The van der Waals surface area contributed by atoms with Crippen molar-refractivity contribution < 1.29 is 14.7 Å². The van der Waals surface area contributed by atoms with E-state index >= 15 is 0 Å². The first-order chi connectivity index (χ1) is 13.3. The van der Waals surface area contributed by atoms with Crippen molar-refractivity contribution in [3.63, 3.8) is 0 Å². The molecule has 6 heteroatoms. The Bertz CT molecular complexity index is 1060. The summed E-state index contributed by atoms with van der Waals surface area (Å²) in [6, 6.07) is 11.5. The number of phenols is 1. The molecule has 0 aliphatic heterocycles. The monoisotopic (exact) mass is 398 g/mol. The van der Waals surface area contributed by atoms with E-state index in [0.29, 0.717) is 39.2 Å². The molecule has 0 aliphatic rings. The Morgan fingerprint density at radius 1 is 1.21 bits per heavy atom. The van der Waals surface area contributed by atoms with Crippen LogP contribution >= 0.6 is 11.6 Å². The molecule has 1 atom stereocenters.